The van der Waals surface area contributed by atoms with Gasteiger partial charge in [0.2, 0.25) is 0 Å². The van der Waals surface area contributed by atoms with Crippen molar-refractivity contribution in [2.45, 2.75) is 0 Å². The number of benzene rings is 1. The Hall–Kier alpha value is -1.09. The molecule has 0 amide bonds. The molecule has 0 heterocycles. The Morgan fingerprint density at radius 3 is 2.23 bits per heavy atom. The molecule has 0 atom stereocenters. The maximum atomic E-state index is 5.92. The predicted octanol–water partition coefficient (Wildman–Crippen LogP) is 2.40. The van der Waals surface area contributed by atoms with E-state index in [1.165, 1.54) is 0 Å². The number of hydrogen-bond acceptors (Lipinski definition) is 3. The highest BCUT2D eigenvalue weighted by Gasteiger charge is 2.07. The van der Waals surface area contributed by atoms with E-state index in [-0.39, 0.29) is 0 Å². The maximum absolute atomic E-state index is 5.92. The van der Waals surface area contributed by atoms with Crippen molar-refractivity contribution in [3.05, 3.63) is 17.2 Å². The average Bonchev–Trinajstić information content (AvgIpc) is 2.17. The highest BCUT2D eigenvalue weighted by molar-refractivity contribution is 6.32. The number of hydrogen-bond donors (Lipinski definition) is 1. The van der Waals surface area contributed by atoms with Crippen molar-refractivity contribution in [1.29, 1.82) is 0 Å². The number of rotatable bonds is 3. The van der Waals surface area contributed by atoms with Crippen molar-refractivity contribution in [2.75, 3.05) is 26.6 Å². The van der Waals surface area contributed by atoms with E-state index in [2.05, 4.69) is 5.32 Å². The Kier molecular flexibility index (Phi) is 3.25. The van der Waals surface area contributed by atoms with Crippen LogP contribution in [-0.2, 0) is 0 Å². The summed E-state index contributed by atoms with van der Waals surface area (Å²) in [5.41, 5.74) is 0.841. The molecule has 1 rings (SSSR count). The van der Waals surface area contributed by atoms with E-state index in [9.17, 15) is 0 Å². The van der Waals surface area contributed by atoms with Gasteiger partial charge in [-0.25, -0.2) is 0 Å². The summed E-state index contributed by atoms with van der Waals surface area (Å²) in [4.78, 5) is 0. The van der Waals surface area contributed by atoms with Crippen molar-refractivity contribution in [1.82, 2.24) is 0 Å². The molecule has 0 bridgehead atoms. The van der Waals surface area contributed by atoms with Crippen molar-refractivity contribution in [3.63, 3.8) is 0 Å². The molecule has 0 aromatic heterocycles. The summed E-state index contributed by atoms with van der Waals surface area (Å²) in [7, 11) is 4.98. The van der Waals surface area contributed by atoms with Crippen molar-refractivity contribution >= 4 is 17.3 Å². The van der Waals surface area contributed by atoms with E-state index in [1.807, 2.05) is 0 Å². The Bertz CT molecular complexity index is 302. The Morgan fingerprint density at radius 2 is 1.77 bits per heavy atom. The molecular formula is C9H12ClNO2. The van der Waals surface area contributed by atoms with E-state index in [0.717, 1.165) is 5.69 Å². The molecule has 0 unspecified atom stereocenters. The number of ether oxygens (including phenoxy) is 2. The highest BCUT2D eigenvalue weighted by atomic mass is 35.5. The minimum absolute atomic E-state index is 0.563. The van der Waals surface area contributed by atoms with E-state index < -0.39 is 0 Å². The van der Waals surface area contributed by atoms with Crippen LogP contribution in [0.25, 0.3) is 0 Å². The first-order valence-electron chi connectivity index (χ1n) is 3.82. The second-order valence-corrected chi connectivity index (χ2v) is 2.84. The molecule has 4 heteroatoms. The third-order valence-corrected chi connectivity index (χ3v) is 2.04. The standard InChI is InChI=1S/C9H12ClNO2/c1-11-7-4-6(10)8(12-2)5-9(7)13-3/h4-5,11H,1-3H3. The van der Waals surface area contributed by atoms with Gasteiger partial charge in [-0.15, -0.1) is 0 Å². The molecule has 0 aliphatic carbocycles. The first kappa shape index (κ1) is 9.99. The summed E-state index contributed by atoms with van der Waals surface area (Å²) in [5, 5.41) is 3.54. The fourth-order valence-corrected chi connectivity index (χ4v) is 1.30. The highest BCUT2D eigenvalue weighted by Crippen LogP contribution is 2.35. The van der Waals surface area contributed by atoms with Gasteiger partial charge in [0.05, 0.1) is 24.9 Å². The minimum Gasteiger partial charge on any atom is -0.495 e. The lowest BCUT2D eigenvalue weighted by Crippen LogP contribution is -1.95. The number of anilines is 1. The Morgan fingerprint density at radius 1 is 1.15 bits per heavy atom. The van der Waals surface area contributed by atoms with Gasteiger partial charge in [0, 0.05) is 13.1 Å². The first-order valence-corrected chi connectivity index (χ1v) is 4.20. The zero-order valence-electron chi connectivity index (χ0n) is 7.85. The third-order valence-electron chi connectivity index (χ3n) is 1.74. The quantitative estimate of drug-likeness (QED) is 0.815. The van der Waals surface area contributed by atoms with E-state index in [1.54, 1.807) is 33.4 Å². The Balaban J connectivity index is 3.18. The number of methoxy groups -OCH3 is 2. The molecule has 0 radical (unpaired) electrons. The van der Waals surface area contributed by atoms with Crippen LogP contribution >= 0.6 is 11.6 Å². The van der Waals surface area contributed by atoms with Crippen molar-refractivity contribution in [2.24, 2.45) is 0 Å². The van der Waals surface area contributed by atoms with Crippen LogP contribution in [0, 0.1) is 0 Å². The minimum atomic E-state index is 0.563. The lowest BCUT2D eigenvalue weighted by Gasteiger charge is -2.11. The van der Waals surface area contributed by atoms with Gasteiger partial charge in [-0.3, -0.25) is 0 Å². The fraction of sp³-hybridized carbons (Fsp3) is 0.333. The van der Waals surface area contributed by atoms with Gasteiger partial charge in [-0.1, -0.05) is 11.6 Å². The van der Waals surface area contributed by atoms with Crippen LogP contribution in [0.5, 0.6) is 11.5 Å². The SMILES string of the molecule is CNc1cc(Cl)c(OC)cc1OC. The second-order valence-electron chi connectivity index (χ2n) is 2.44. The molecule has 1 N–H and O–H groups in total. The predicted molar refractivity (Wildman–Crippen MR) is 54.1 cm³/mol. The van der Waals surface area contributed by atoms with E-state index in [4.69, 9.17) is 21.1 Å². The smallest absolute Gasteiger partial charge is 0.145 e. The molecule has 72 valence electrons. The van der Waals surface area contributed by atoms with Gasteiger partial charge >= 0.3 is 0 Å². The molecule has 13 heavy (non-hydrogen) atoms. The van der Waals surface area contributed by atoms with Gasteiger partial charge in [0.25, 0.3) is 0 Å². The van der Waals surface area contributed by atoms with Crippen LogP contribution in [0.2, 0.25) is 5.02 Å². The molecule has 3 nitrogen and oxygen atoms in total. The normalized spacial score (nSPS) is 9.54. The zero-order valence-corrected chi connectivity index (χ0v) is 8.61. The van der Waals surface area contributed by atoms with Gasteiger partial charge < -0.3 is 14.8 Å². The summed E-state index contributed by atoms with van der Waals surface area (Å²) in [6.07, 6.45) is 0. The summed E-state index contributed by atoms with van der Waals surface area (Å²) >= 11 is 5.92. The molecule has 0 aliphatic rings. The molecule has 0 aliphatic heterocycles. The summed E-state index contributed by atoms with van der Waals surface area (Å²) in [6, 6.07) is 3.51. The fourth-order valence-electron chi connectivity index (χ4n) is 1.06. The lowest BCUT2D eigenvalue weighted by molar-refractivity contribution is 0.395. The van der Waals surface area contributed by atoms with Crippen molar-refractivity contribution < 1.29 is 9.47 Å². The van der Waals surface area contributed by atoms with Crippen LogP contribution in [0.4, 0.5) is 5.69 Å². The van der Waals surface area contributed by atoms with Crippen LogP contribution in [0.3, 0.4) is 0 Å². The topological polar surface area (TPSA) is 30.5 Å². The number of halogens is 1. The van der Waals surface area contributed by atoms with E-state index in [0.29, 0.717) is 16.5 Å². The van der Waals surface area contributed by atoms with Crippen LogP contribution in [-0.4, -0.2) is 21.3 Å². The summed E-state index contributed by atoms with van der Waals surface area (Å²) < 4.78 is 10.2. The summed E-state index contributed by atoms with van der Waals surface area (Å²) in [6.45, 7) is 0. The van der Waals surface area contributed by atoms with Gasteiger partial charge in [-0.05, 0) is 6.07 Å². The molecule has 0 saturated heterocycles. The van der Waals surface area contributed by atoms with Crippen LogP contribution in [0.1, 0.15) is 0 Å². The van der Waals surface area contributed by atoms with E-state index >= 15 is 0 Å². The van der Waals surface area contributed by atoms with Gasteiger partial charge in [-0.2, -0.15) is 0 Å². The molecule has 0 fully saturated rings. The van der Waals surface area contributed by atoms with Crippen LogP contribution < -0.4 is 14.8 Å². The monoisotopic (exact) mass is 201 g/mol. The average molecular weight is 202 g/mol. The van der Waals surface area contributed by atoms with Gasteiger partial charge in [0.1, 0.15) is 11.5 Å². The molecular weight excluding hydrogens is 190 g/mol. The summed E-state index contributed by atoms with van der Waals surface area (Å²) in [5.74, 6) is 1.32. The van der Waals surface area contributed by atoms with Crippen LogP contribution in [0.15, 0.2) is 12.1 Å². The third kappa shape index (κ3) is 1.98. The molecule has 0 saturated carbocycles. The first-order chi connectivity index (χ1) is 6.22. The number of nitrogens with one attached hydrogen (secondary N) is 1. The lowest BCUT2D eigenvalue weighted by atomic mass is 10.2. The van der Waals surface area contributed by atoms with Crippen molar-refractivity contribution in [3.8, 4) is 11.5 Å². The van der Waals surface area contributed by atoms with Gasteiger partial charge in [0.15, 0.2) is 0 Å². The maximum Gasteiger partial charge on any atom is 0.145 e. The Labute approximate surface area is 82.6 Å². The largest absolute Gasteiger partial charge is 0.495 e. The molecule has 1 aromatic carbocycles. The molecule has 0 spiro atoms. The zero-order chi connectivity index (χ0) is 9.84. The molecule has 1 aromatic rings. The second kappa shape index (κ2) is 4.23.